The Morgan fingerprint density at radius 2 is 2.00 bits per heavy atom. The third-order valence-corrected chi connectivity index (χ3v) is 3.95. The zero-order valence-corrected chi connectivity index (χ0v) is 12.4. The minimum atomic E-state index is 0.0142. The molecule has 4 heteroatoms. The van der Waals surface area contributed by atoms with Crippen LogP contribution in [0.3, 0.4) is 0 Å². The molecule has 1 heterocycles. The van der Waals surface area contributed by atoms with Crippen molar-refractivity contribution in [3.05, 3.63) is 48.3 Å². The zero-order chi connectivity index (χ0) is 14.6. The first kappa shape index (κ1) is 14.6. The van der Waals surface area contributed by atoms with Crippen molar-refractivity contribution in [2.24, 2.45) is 0 Å². The average Bonchev–Trinajstić information content (AvgIpc) is 2.87. The summed E-state index contributed by atoms with van der Waals surface area (Å²) in [5, 5.41) is 16.6. The van der Waals surface area contributed by atoms with E-state index in [-0.39, 0.29) is 18.1 Å². The van der Waals surface area contributed by atoms with Crippen molar-refractivity contribution in [2.45, 2.75) is 38.8 Å². The van der Waals surface area contributed by atoms with Crippen molar-refractivity contribution in [2.75, 3.05) is 11.9 Å². The molecule has 1 atom stereocenters. The molecule has 0 aliphatic heterocycles. The van der Waals surface area contributed by atoms with E-state index in [1.165, 1.54) is 5.56 Å². The summed E-state index contributed by atoms with van der Waals surface area (Å²) in [6, 6.07) is 10.8. The van der Waals surface area contributed by atoms with Gasteiger partial charge in [0.2, 0.25) is 0 Å². The van der Waals surface area contributed by atoms with Crippen LogP contribution in [0.25, 0.3) is 0 Å². The Morgan fingerprint density at radius 3 is 2.65 bits per heavy atom. The van der Waals surface area contributed by atoms with Gasteiger partial charge >= 0.3 is 0 Å². The third-order valence-electron chi connectivity index (χ3n) is 3.95. The van der Waals surface area contributed by atoms with Gasteiger partial charge in [0.25, 0.3) is 0 Å². The van der Waals surface area contributed by atoms with Crippen LogP contribution >= 0.6 is 0 Å². The summed E-state index contributed by atoms with van der Waals surface area (Å²) in [4.78, 5) is 0. The van der Waals surface area contributed by atoms with Crippen LogP contribution in [0.1, 0.15) is 26.3 Å². The van der Waals surface area contributed by atoms with Crippen LogP contribution in [-0.2, 0) is 12.0 Å². The fourth-order valence-corrected chi connectivity index (χ4v) is 2.21. The van der Waals surface area contributed by atoms with E-state index >= 15 is 0 Å². The summed E-state index contributed by atoms with van der Waals surface area (Å²) in [5.41, 5.74) is 2.30. The van der Waals surface area contributed by atoms with Crippen LogP contribution in [0.15, 0.2) is 42.7 Å². The van der Waals surface area contributed by atoms with E-state index in [0.717, 1.165) is 5.69 Å². The number of aliphatic hydroxyl groups excluding tert-OH is 1. The van der Waals surface area contributed by atoms with E-state index in [0.29, 0.717) is 6.54 Å². The van der Waals surface area contributed by atoms with Crippen molar-refractivity contribution in [3.63, 3.8) is 0 Å². The number of nitrogens with zero attached hydrogens (tertiary/aromatic N) is 2. The molecule has 0 bridgehead atoms. The Bertz CT molecular complexity index is 534. The maximum atomic E-state index is 8.91. The summed E-state index contributed by atoms with van der Waals surface area (Å²) in [5.74, 6) is 0. The molecule has 4 nitrogen and oxygen atoms in total. The molecule has 0 saturated heterocycles. The highest BCUT2D eigenvalue weighted by molar-refractivity contribution is 5.41. The number of hydrogen-bond acceptors (Lipinski definition) is 3. The first-order chi connectivity index (χ1) is 9.54. The fraction of sp³-hybridized carbons (Fsp3) is 0.438. The molecule has 2 N–H and O–H groups in total. The Morgan fingerprint density at radius 1 is 1.30 bits per heavy atom. The Hall–Kier alpha value is -1.81. The van der Waals surface area contributed by atoms with Gasteiger partial charge < -0.3 is 10.4 Å². The van der Waals surface area contributed by atoms with E-state index in [9.17, 15) is 0 Å². The molecule has 1 aromatic heterocycles. The molecule has 108 valence electrons. The van der Waals surface area contributed by atoms with Gasteiger partial charge in [0.05, 0.1) is 25.0 Å². The normalized spacial score (nSPS) is 13.2. The maximum Gasteiger partial charge on any atom is 0.0728 e. The smallest absolute Gasteiger partial charge is 0.0728 e. The summed E-state index contributed by atoms with van der Waals surface area (Å²) < 4.78 is 1.74. The highest BCUT2D eigenvalue weighted by Crippen LogP contribution is 2.28. The predicted octanol–water partition coefficient (Wildman–Crippen LogP) is 2.65. The molecule has 0 spiro atoms. The SMILES string of the molecule is CC(Nc1cnn(CCO)c1)C(C)(C)c1ccccc1. The van der Waals surface area contributed by atoms with Crippen molar-refractivity contribution in [1.82, 2.24) is 9.78 Å². The lowest BCUT2D eigenvalue weighted by molar-refractivity contribution is 0.269. The first-order valence-electron chi connectivity index (χ1n) is 6.99. The lowest BCUT2D eigenvalue weighted by Gasteiger charge is -2.33. The topological polar surface area (TPSA) is 50.1 Å². The van der Waals surface area contributed by atoms with Crippen LogP contribution in [0.5, 0.6) is 0 Å². The molecule has 1 unspecified atom stereocenters. The van der Waals surface area contributed by atoms with Crippen molar-refractivity contribution in [1.29, 1.82) is 0 Å². The minimum Gasteiger partial charge on any atom is -0.394 e. The lowest BCUT2D eigenvalue weighted by Crippen LogP contribution is -2.37. The molecule has 1 aromatic carbocycles. The number of nitrogens with one attached hydrogen (secondary N) is 1. The van der Waals surface area contributed by atoms with Gasteiger partial charge in [0.15, 0.2) is 0 Å². The van der Waals surface area contributed by atoms with Gasteiger partial charge in [-0.1, -0.05) is 44.2 Å². The van der Waals surface area contributed by atoms with E-state index in [1.807, 2.05) is 12.3 Å². The quantitative estimate of drug-likeness (QED) is 0.850. The highest BCUT2D eigenvalue weighted by atomic mass is 16.3. The first-order valence-corrected chi connectivity index (χ1v) is 6.99. The highest BCUT2D eigenvalue weighted by Gasteiger charge is 2.27. The minimum absolute atomic E-state index is 0.0142. The predicted molar refractivity (Wildman–Crippen MR) is 81.9 cm³/mol. The number of aliphatic hydroxyl groups is 1. The largest absolute Gasteiger partial charge is 0.394 e. The second-order valence-corrected chi connectivity index (χ2v) is 5.67. The summed E-state index contributed by atoms with van der Waals surface area (Å²) in [7, 11) is 0. The third kappa shape index (κ3) is 3.20. The summed E-state index contributed by atoms with van der Waals surface area (Å²) >= 11 is 0. The Kier molecular flexibility index (Phi) is 4.45. The van der Waals surface area contributed by atoms with Gasteiger partial charge in [-0.2, -0.15) is 5.10 Å². The van der Waals surface area contributed by atoms with Crippen molar-refractivity contribution < 1.29 is 5.11 Å². The van der Waals surface area contributed by atoms with Crippen LogP contribution in [-0.4, -0.2) is 27.5 Å². The number of aromatic nitrogens is 2. The number of hydrogen-bond donors (Lipinski definition) is 2. The molecule has 20 heavy (non-hydrogen) atoms. The maximum absolute atomic E-state index is 8.91. The van der Waals surface area contributed by atoms with Gasteiger partial charge in [-0.15, -0.1) is 0 Å². The summed E-state index contributed by atoms with van der Waals surface area (Å²) in [6.45, 7) is 7.27. The molecule has 0 fully saturated rings. The van der Waals surface area contributed by atoms with Crippen LogP contribution in [0, 0.1) is 0 Å². The summed E-state index contributed by atoms with van der Waals surface area (Å²) in [6.07, 6.45) is 3.72. The standard InChI is InChI=1S/C16H23N3O/c1-13(16(2,3)14-7-5-4-6-8-14)18-15-11-17-19(12-15)9-10-20/h4-8,11-13,18,20H,9-10H2,1-3H3. The molecule has 0 radical (unpaired) electrons. The van der Waals surface area contributed by atoms with Crippen LogP contribution < -0.4 is 5.32 Å². The molecule has 2 aromatic rings. The molecule has 0 aliphatic rings. The van der Waals surface area contributed by atoms with Crippen molar-refractivity contribution in [3.8, 4) is 0 Å². The lowest BCUT2D eigenvalue weighted by atomic mass is 9.78. The van der Waals surface area contributed by atoms with E-state index in [4.69, 9.17) is 5.11 Å². The van der Waals surface area contributed by atoms with Gasteiger partial charge in [0, 0.05) is 17.7 Å². The van der Waals surface area contributed by atoms with E-state index in [2.05, 4.69) is 55.5 Å². The fourth-order valence-electron chi connectivity index (χ4n) is 2.21. The second kappa shape index (κ2) is 6.09. The Balaban J connectivity index is 2.08. The van der Waals surface area contributed by atoms with Gasteiger partial charge in [0.1, 0.15) is 0 Å². The van der Waals surface area contributed by atoms with Gasteiger partial charge in [-0.05, 0) is 12.5 Å². The number of anilines is 1. The molecule has 2 rings (SSSR count). The molecular formula is C16H23N3O. The Labute approximate surface area is 120 Å². The van der Waals surface area contributed by atoms with Gasteiger partial charge in [-0.3, -0.25) is 4.68 Å². The monoisotopic (exact) mass is 273 g/mol. The molecule has 0 aliphatic carbocycles. The van der Waals surface area contributed by atoms with Crippen LogP contribution in [0.4, 0.5) is 5.69 Å². The second-order valence-electron chi connectivity index (χ2n) is 5.67. The van der Waals surface area contributed by atoms with Crippen molar-refractivity contribution >= 4 is 5.69 Å². The number of benzene rings is 1. The average molecular weight is 273 g/mol. The number of rotatable bonds is 6. The molecule has 0 saturated carbocycles. The molecular weight excluding hydrogens is 250 g/mol. The molecule has 0 amide bonds. The zero-order valence-electron chi connectivity index (χ0n) is 12.4. The van der Waals surface area contributed by atoms with Gasteiger partial charge in [-0.25, -0.2) is 0 Å². The van der Waals surface area contributed by atoms with E-state index < -0.39 is 0 Å². The van der Waals surface area contributed by atoms with E-state index in [1.54, 1.807) is 10.9 Å². The van der Waals surface area contributed by atoms with Crippen LogP contribution in [0.2, 0.25) is 0 Å².